The predicted molar refractivity (Wildman–Crippen MR) is 119 cm³/mol. The SMILES string of the molecule is CCC1(O[Si](C)(C)C)CC[C@H]2[C@@H]3CCC4=C/C(=N\OC)CC[C@@H]4[C@H]3CC[C@@]21C. The number of fused-ring (bicyclic) bond motifs is 5. The van der Waals surface area contributed by atoms with Crippen LogP contribution in [0.15, 0.2) is 16.8 Å². The third-order valence-electron chi connectivity index (χ3n) is 8.89. The van der Waals surface area contributed by atoms with Crippen LogP contribution >= 0.6 is 0 Å². The molecule has 6 atom stereocenters. The molecule has 0 heterocycles. The molecular weight excluding hydrogens is 362 g/mol. The lowest BCUT2D eigenvalue weighted by atomic mass is 9.50. The highest BCUT2D eigenvalue weighted by Gasteiger charge is 2.63. The molecule has 3 saturated carbocycles. The largest absolute Gasteiger partial charge is 0.412 e. The van der Waals surface area contributed by atoms with E-state index in [1.165, 1.54) is 51.4 Å². The maximum absolute atomic E-state index is 7.03. The van der Waals surface area contributed by atoms with Crippen molar-refractivity contribution in [1.29, 1.82) is 0 Å². The molecule has 0 saturated heterocycles. The van der Waals surface area contributed by atoms with Crippen LogP contribution in [0.1, 0.15) is 71.6 Å². The zero-order chi connectivity index (χ0) is 20.2. The number of oxime groups is 1. The molecule has 28 heavy (non-hydrogen) atoms. The average molecular weight is 404 g/mol. The van der Waals surface area contributed by atoms with Crippen molar-refractivity contribution in [3.8, 4) is 0 Å². The lowest BCUT2D eigenvalue weighted by Gasteiger charge is -2.57. The molecule has 0 radical (unpaired) electrons. The van der Waals surface area contributed by atoms with Crippen molar-refractivity contribution in [3.05, 3.63) is 11.6 Å². The zero-order valence-corrected chi connectivity index (χ0v) is 20.0. The number of hydrogen-bond acceptors (Lipinski definition) is 3. The first-order valence-electron chi connectivity index (χ1n) is 11.7. The van der Waals surface area contributed by atoms with E-state index in [0.29, 0.717) is 5.41 Å². The molecule has 0 aromatic rings. The second-order valence-electron chi connectivity index (χ2n) is 11.2. The average Bonchev–Trinajstić information content (AvgIpc) is 2.93. The van der Waals surface area contributed by atoms with Gasteiger partial charge in [0.1, 0.15) is 7.11 Å². The fourth-order valence-electron chi connectivity index (χ4n) is 7.88. The summed E-state index contributed by atoms with van der Waals surface area (Å²) >= 11 is 0. The normalized spacial score (nSPS) is 44.5. The van der Waals surface area contributed by atoms with Gasteiger partial charge in [0.2, 0.25) is 0 Å². The van der Waals surface area contributed by atoms with E-state index in [4.69, 9.17) is 9.26 Å². The molecule has 3 nitrogen and oxygen atoms in total. The van der Waals surface area contributed by atoms with Crippen molar-refractivity contribution in [3.63, 3.8) is 0 Å². The molecule has 1 unspecified atom stereocenters. The lowest BCUT2D eigenvalue weighted by Crippen LogP contribution is -2.56. The molecule has 0 aromatic carbocycles. The Morgan fingerprint density at radius 2 is 1.86 bits per heavy atom. The van der Waals surface area contributed by atoms with E-state index < -0.39 is 8.32 Å². The van der Waals surface area contributed by atoms with Gasteiger partial charge in [0.15, 0.2) is 8.32 Å². The Hall–Kier alpha value is -0.613. The standard InChI is InChI=1S/C24H41NO2Si/c1-7-24(27-28(4,5)6)15-13-22-21-10-8-17-16-18(25-26-3)9-11-19(17)20(21)12-14-23(22,24)2/h16,19-22H,7-15H2,1-6H3/b25-18-/t19-,20+,21+,22-,23-,24?/m0/s1. The molecule has 0 aliphatic heterocycles. The van der Waals surface area contributed by atoms with Gasteiger partial charge in [-0.1, -0.05) is 24.6 Å². The summed E-state index contributed by atoms with van der Waals surface area (Å²) in [6.45, 7) is 12.1. The van der Waals surface area contributed by atoms with Crippen molar-refractivity contribution in [1.82, 2.24) is 0 Å². The monoisotopic (exact) mass is 403 g/mol. The highest BCUT2D eigenvalue weighted by molar-refractivity contribution is 6.69. The molecule has 0 aromatic heterocycles. The maximum atomic E-state index is 7.03. The van der Waals surface area contributed by atoms with Crippen molar-refractivity contribution < 1.29 is 9.26 Å². The van der Waals surface area contributed by atoms with E-state index in [9.17, 15) is 0 Å². The summed E-state index contributed by atoms with van der Waals surface area (Å²) in [6.07, 6.45) is 14.0. The van der Waals surface area contributed by atoms with Crippen LogP contribution < -0.4 is 0 Å². The maximum Gasteiger partial charge on any atom is 0.184 e. The van der Waals surface area contributed by atoms with Gasteiger partial charge in [-0.3, -0.25) is 0 Å². The van der Waals surface area contributed by atoms with Crippen LogP contribution in [0.25, 0.3) is 0 Å². The molecule has 4 heteroatoms. The van der Waals surface area contributed by atoms with E-state index in [1.54, 1.807) is 12.7 Å². The second-order valence-corrected chi connectivity index (χ2v) is 15.6. The molecule has 158 valence electrons. The van der Waals surface area contributed by atoms with E-state index in [0.717, 1.165) is 35.8 Å². The highest BCUT2D eigenvalue weighted by Crippen LogP contribution is 2.66. The Morgan fingerprint density at radius 1 is 1.07 bits per heavy atom. The van der Waals surface area contributed by atoms with Crippen LogP contribution in [0.5, 0.6) is 0 Å². The number of nitrogens with zero attached hydrogens (tertiary/aromatic N) is 1. The number of rotatable bonds is 4. The Balaban J connectivity index is 1.59. The molecule has 0 spiro atoms. The van der Waals surface area contributed by atoms with Crippen LogP contribution in [0, 0.1) is 29.1 Å². The summed E-state index contributed by atoms with van der Waals surface area (Å²) in [6, 6.07) is 0. The fraction of sp³-hybridized carbons (Fsp3) is 0.875. The molecule has 0 bridgehead atoms. The van der Waals surface area contributed by atoms with Crippen molar-refractivity contribution in [2.24, 2.45) is 34.2 Å². The molecule has 4 aliphatic carbocycles. The van der Waals surface area contributed by atoms with E-state index in [1.807, 2.05) is 0 Å². The fourth-order valence-corrected chi connectivity index (χ4v) is 9.53. The summed E-state index contributed by atoms with van der Waals surface area (Å²) in [7, 11) is 0.105. The van der Waals surface area contributed by atoms with Crippen LogP contribution in [-0.4, -0.2) is 26.7 Å². The third kappa shape index (κ3) is 3.23. The van der Waals surface area contributed by atoms with Crippen LogP contribution in [0.4, 0.5) is 0 Å². The highest BCUT2D eigenvalue weighted by atomic mass is 28.4. The lowest BCUT2D eigenvalue weighted by molar-refractivity contribution is -0.108. The van der Waals surface area contributed by atoms with E-state index in [-0.39, 0.29) is 5.60 Å². The molecule has 0 N–H and O–H groups in total. The summed E-state index contributed by atoms with van der Waals surface area (Å²) in [5, 5.41) is 4.23. The van der Waals surface area contributed by atoms with Gasteiger partial charge in [-0.05, 0) is 113 Å². The van der Waals surface area contributed by atoms with Gasteiger partial charge in [0, 0.05) is 0 Å². The van der Waals surface area contributed by atoms with Crippen LogP contribution in [0.2, 0.25) is 19.6 Å². The summed E-state index contributed by atoms with van der Waals surface area (Å²) in [4.78, 5) is 5.05. The second kappa shape index (κ2) is 7.26. The van der Waals surface area contributed by atoms with E-state index >= 15 is 0 Å². The van der Waals surface area contributed by atoms with Gasteiger partial charge < -0.3 is 9.26 Å². The Kier molecular flexibility index (Phi) is 5.36. The first-order valence-corrected chi connectivity index (χ1v) is 15.1. The van der Waals surface area contributed by atoms with Gasteiger partial charge in [0.05, 0.1) is 11.3 Å². The minimum atomic E-state index is -1.56. The molecule has 4 rings (SSSR count). The molecule has 0 amide bonds. The van der Waals surface area contributed by atoms with Gasteiger partial charge in [-0.2, -0.15) is 0 Å². The number of allylic oxidation sites excluding steroid dienone is 2. The van der Waals surface area contributed by atoms with Crippen molar-refractivity contribution in [2.45, 2.75) is 96.9 Å². The van der Waals surface area contributed by atoms with Gasteiger partial charge in [-0.25, -0.2) is 0 Å². The van der Waals surface area contributed by atoms with Gasteiger partial charge in [-0.15, -0.1) is 0 Å². The predicted octanol–water partition coefficient (Wildman–Crippen LogP) is 6.56. The number of hydrogen-bond donors (Lipinski definition) is 0. The van der Waals surface area contributed by atoms with Gasteiger partial charge >= 0.3 is 0 Å². The molecule has 4 aliphatic rings. The smallest absolute Gasteiger partial charge is 0.184 e. The zero-order valence-electron chi connectivity index (χ0n) is 19.0. The Morgan fingerprint density at radius 3 is 2.54 bits per heavy atom. The Bertz CT molecular complexity index is 666. The molecular formula is C24H41NO2Si. The summed E-state index contributed by atoms with van der Waals surface area (Å²) in [5.41, 5.74) is 3.34. The van der Waals surface area contributed by atoms with Crippen LogP contribution in [-0.2, 0) is 9.26 Å². The quantitative estimate of drug-likeness (QED) is 0.393. The van der Waals surface area contributed by atoms with Crippen molar-refractivity contribution in [2.75, 3.05) is 7.11 Å². The Labute approximate surface area is 173 Å². The van der Waals surface area contributed by atoms with Crippen LogP contribution in [0.3, 0.4) is 0 Å². The summed E-state index contributed by atoms with van der Waals surface area (Å²) < 4.78 is 7.03. The third-order valence-corrected chi connectivity index (χ3v) is 9.89. The first kappa shape index (κ1) is 20.7. The van der Waals surface area contributed by atoms with Crippen molar-refractivity contribution >= 4 is 14.0 Å². The summed E-state index contributed by atoms with van der Waals surface area (Å²) in [5.74, 6) is 3.45. The minimum absolute atomic E-state index is 0.133. The topological polar surface area (TPSA) is 30.8 Å². The molecule has 3 fully saturated rings. The van der Waals surface area contributed by atoms with E-state index in [2.05, 4.69) is 44.7 Å². The minimum Gasteiger partial charge on any atom is -0.412 e. The first-order chi connectivity index (χ1) is 13.2. The van der Waals surface area contributed by atoms with Gasteiger partial charge in [0.25, 0.3) is 0 Å².